The molecule has 0 saturated carbocycles. The number of amides is 1. The van der Waals surface area contributed by atoms with Crippen LogP contribution in [-0.2, 0) is 4.79 Å². The van der Waals surface area contributed by atoms with E-state index in [0.717, 1.165) is 11.0 Å². The number of carbonyl (C=O) groups is 1. The summed E-state index contributed by atoms with van der Waals surface area (Å²) in [6.07, 6.45) is 1.60. The molecule has 3 rings (SSSR count). The zero-order valence-electron chi connectivity index (χ0n) is 12.5. The van der Waals surface area contributed by atoms with Crippen molar-refractivity contribution in [3.63, 3.8) is 0 Å². The first kappa shape index (κ1) is 14.8. The van der Waals surface area contributed by atoms with Crippen molar-refractivity contribution >= 4 is 27.7 Å². The molecule has 0 bridgehead atoms. The molecule has 1 heterocycles. The van der Waals surface area contributed by atoms with Crippen LogP contribution in [-0.4, -0.2) is 24.0 Å². The number of para-hydroxylation sites is 1. The summed E-state index contributed by atoms with van der Waals surface area (Å²) in [6.45, 7) is 3.81. The van der Waals surface area contributed by atoms with E-state index in [1.807, 2.05) is 18.2 Å². The Morgan fingerprint density at radius 2 is 1.96 bits per heavy atom. The molecule has 2 N–H and O–H groups in total. The molecular formula is C18H16N2O3. The van der Waals surface area contributed by atoms with Gasteiger partial charge in [-0.15, -0.1) is 6.58 Å². The highest BCUT2D eigenvalue weighted by Gasteiger charge is 2.07. The SMILES string of the molecule is C=CCNC(=O)COc1ccc2[nH]c3ccccc3c(=O)c2c1. The number of hydrogen-bond donors (Lipinski definition) is 2. The van der Waals surface area contributed by atoms with Gasteiger partial charge in [-0.2, -0.15) is 0 Å². The lowest BCUT2D eigenvalue weighted by Gasteiger charge is -2.08. The van der Waals surface area contributed by atoms with Crippen LogP contribution in [0.4, 0.5) is 0 Å². The van der Waals surface area contributed by atoms with Crippen LogP contribution < -0.4 is 15.5 Å². The van der Waals surface area contributed by atoms with Gasteiger partial charge in [0.1, 0.15) is 5.75 Å². The van der Waals surface area contributed by atoms with E-state index in [2.05, 4.69) is 16.9 Å². The average Bonchev–Trinajstić information content (AvgIpc) is 2.58. The van der Waals surface area contributed by atoms with Gasteiger partial charge in [-0.3, -0.25) is 9.59 Å². The number of benzene rings is 2. The molecule has 0 unspecified atom stereocenters. The number of aromatic amines is 1. The van der Waals surface area contributed by atoms with Gasteiger partial charge in [-0.1, -0.05) is 18.2 Å². The van der Waals surface area contributed by atoms with Gasteiger partial charge >= 0.3 is 0 Å². The van der Waals surface area contributed by atoms with Crippen LogP contribution in [0.25, 0.3) is 21.8 Å². The molecule has 1 amide bonds. The summed E-state index contributed by atoms with van der Waals surface area (Å²) in [5.74, 6) is 0.240. The standard InChI is InChI=1S/C18H16N2O3/c1-2-9-19-17(21)11-23-12-7-8-16-14(10-12)18(22)13-5-3-4-6-15(13)20-16/h2-8,10H,1,9,11H2,(H,19,21)(H,20,22). The molecule has 0 saturated heterocycles. The number of aromatic nitrogens is 1. The highest BCUT2D eigenvalue weighted by molar-refractivity contribution is 5.93. The van der Waals surface area contributed by atoms with Crippen LogP contribution >= 0.6 is 0 Å². The minimum atomic E-state index is -0.239. The van der Waals surface area contributed by atoms with Crippen LogP contribution in [0, 0.1) is 0 Å². The fourth-order valence-electron chi connectivity index (χ4n) is 2.38. The fraction of sp³-hybridized carbons (Fsp3) is 0.111. The molecule has 0 radical (unpaired) electrons. The Labute approximate surface area is 132 Å². The van der Waals surface area contributed by atoms with E-state index in [0.29, 0.717) is 23.1 Å². The van der Waals surface area contributed by atoms with Gasteiger partial charge in [0.2, 0.25) is 0 Å². The largest absolute Gasteiger partial charge is 0.484 e. The van der Waals surface area contributed by atoms with Crippen molar-refractivity contribution in [2.24, 2.45) is 0 Å². The predicted molar refractivity (Wildman–Crippen MR) is 90.8 cm³/mol. The first-order chi connectivity index (χ1) is 11.2. The third kappa shape index (κ3) is 3.08. The van der Waals surface area contributed by atoms with Gasteiger partial charge in [0.05, 0.1) is 5.52 Å². The smallest absolute Gasteiger partial charge is 0.258 e. The number of pyridine rings is 1. The Kier molecular flexibility index (Phi) is 4.10. The molecule has 5 nitrogen and oxygen atoms in total. The highest BCUT2D eigenvalue weighted by Crippen LogP contribution is 2.19. The summed E-state index contributed by atoms with van der Waals surface area (Å²) in [4.78, 5) is 27.3. The normalized spacial score (nSPS) is 10.6. The number of carbonyl (C=O) groups excluding carboxylic acids is 1. The van der Waals surface area contributed by atoms with Crippen molar-refractivity contribution in [3.8, 4) is 5.75 Å². The molecule has 0 aliphatic rings. The van der Waals surface area contributed by atoms with Crippen LogP contribution in [0.1, 0.15) is 0 Å². The summed E-state index contributed by atoms with van der Waals surface area (Å²) >= 11 is 0. The lowest BCUT2D eigenvalue weighted by molar-refractivity contribution is -0.122. The van der Waals surface area contributed by atoms with E-state index in [9.17, 15) is 9.59 Å². The third-order valence-corrected chi connectivity index (χ3v) is 3.49. The Hall–Kier alpha value is -3.08. The number of H-pyrrole nitrogens is 1. The minimum absolute atomic E-state index is 0.0593. The monoisotopic (exact) mass is 308 g/mol. The maximum Gasteiger partial charge on any atom is 0.258 e. The summed E-state index contributed by atoms with van der Waals surface area (Å²) in [5.41, 5.74) is 1.47. The number of fused-ring (bicyclic) bond motifs is 2. The second-order valence-corrected chi connectivity index (χ2v) is 5.09. The topological polar surface area (TPSA) is 71.2 Å². The number of rotatable bonds is 5. The summed E-state index contributed by atoms with van der Waals surface area (Å²) in [6, 6.07) is 12.5. The molecule has 116 valence electrons. The van der Waals surface area contributed by atoms with Crippen molar-refractivity contribution in [3.05, 3.63) is 65.3 Å². The van der Waals surface area contributed by atoms with Crippen molar-refractivity contribution in [2.45, 2.75) is 0 Å². The zero-order chi connectivity index (χ0) is 16.2. The third-order valence-electron chi connectivity index (χ3n) is 3.49. The molecule has 3 aromatic rings. The van der Waals surface area contributed by atoms with Crippen LogP contribution in [0.5, 0.6) is 5.75 Å². The quantitative estimate of drug-likeness (QED) is 0.561. The molecule has 0 fully saturated rings. The van der Waals surface area contributed by atoms with Crippen molar-refractivity contribution in [1.29, 1.82) is 0 Å². The number of ether oxygens (including phenoxy) is 1. The molecule has 5 heteroatoms. The van der Waals surface area contributed by atoms with E-state index >= 15 is 0 Å². The second kappa shape index (κ2) is 6.36. The van der Waals surface area contributed by atoms with Gasteiger partial charge in [-0.25, -0.2) is 0 Å². The van der Waals surface area contributed by atoms with Crippen LogP contribution in [0.3, 0.4) is 0 Å². The van der Waals surface area contributed by atoms with Crippen LogP contribution in [0.2, 0.25) is 0 Å². The number of hydrogen-bond acceptors (Lipinski definition) is 3. The van der Waals surface area contributed by atoms with Gasteiger partial charge < -0.3 is 15.0 Å². The molecule has 1 aromatic heterocycles. The van der Waals surface area contributed by atoms with Gasteiger partial charge in [0.25, 0.3) is 5.91 Å². The highest BCUT2D eigenvalue weighted by atomic mass is 16.5. The zero-order valence-corrected chi connectivity index (χ0v) is 12.5. The maximum atomic E-state index is 12.6. The molecule has 0 spiro atoms. The first-order valence-corrected chi connectivity index (χ1v) is 7.24. The Balaban J connectivity index is 1.91. The summed E-state index contributed by atoms with van der Waals surface area (Å²) < 4.78 is 5.44. The van der Waals surface area contributed by atoms with E-state index < -0.39 is 0 Å². The first-order valence-electron chi connectivity index (χ1n) is 7.24. The second-order valence-electron chi connectivity index (χ2n) is 5.09. The van der Waals surface area contributed by atoms with E-state index in [-0.39, 0.29) is 17.9 Å². The van der Waals surface area contributed by atoms with Gasteiger partial charge in [0, 0.05) is 22.8 Å². The average molecular weight is 308 g/mol. The summed E-state index contributed by atoms with van der Waals surface area (Å²) in [5, 5.41) is 3.79. The van der Waals surface area contributed by atoms with Gasteiger partial charge in [0.15, 0.2) is 12.0 Å². The van der Waals surface area contributed by atoms with Crippen molar-refractivity contribution < 1.29 is 9.53 Å². The molecular weight excluding hydrogens is 292 g/mol. The maximum absolute atomic E-state index is 12.6. The van der Waals surface area contributed by atoms with Crippen molar-refractivity contribution in [2.75, 3.05) is 13.2 Å². The van der Waals surface area contributed by atoms with Crippen molar-refractivity contribution in [1.82, 2.24) is 10.3 Å². The molecule has 2 aromatic carbocycles. The molecule has 0 aliphatic carbocycles. The number of nitrogens with one attached hydrogen (secondary N) is 2. The lowest BCUT2D eigenvalue weighted by atomic mass is 10.1. The Morgan fingerprint density at radius 1 is 1.17 bits per heavy atom. The molecule has 0 atom stereocenters. The van der Waals surface area contributed by atoms with E-state index in [4.69, 9.17) is 4.74 Å². The molecule has 0 aliphatic heterocycles. The lowest BCUT2D eigenvalue weighted by Crippen LogP contribution is -2.28. The van der Waals surface area contributed by atoms with E-state index in [1.54, 1.807) is 30.3 Å². The molecule has 23 heavy (non-hydrogen) atoms. The Bertz CT molecular complexity index is 944. The van der Waals surface area contributed by atoms with E-state index in [1.165, 1.54) is 0 Å². The predicted octanol–water partition coefficient (Wildman–Crippen LogP) is 2.36. The van der Waals surface area contributed by atoms with Gasteiger partial charge in [-0.05, 0) is 30.3 Å². The fourth-order valence-corrected chi connectivity index (χ4v) is 2.38. The van der Waals surface area contributed by atoms with Crippen LogP contribution in [0.15, 0.2) is 59.9 Å². The summed E-state index contributed by atoms with van der Waals surface area (Å²) in [7, 11) is 0. The Morgan fingerprint density at radius 3 is 2.78 bits per heavy atom. The minimum Gasteiger partial charge on any atom is -0.484 e.